The van der Waals surface area contributed by atoms with Crippen molar-refractivity contribution in [3.8, 4) is 5.75 Å². The normalized spacial score (nSPS) is 13.4. The third-order valence-electron chi connectivity index (χ3n) is 6.89. The lowest BCUT2D eigenvalue weighted by atomic mass is 9.78. The van der Waals surface area contributed by atoms with Crippen LogP contribution in [0.3, 0.4) is 0 Å². The second kappa shape index (κ2) is 9.95. The highest BCUT2D eigenvalue weighted by Gasteiger charge is 2.40. The molecule has 0 spiro atoms. The van der Waals surface area contributed by atoms with E-state index in [1.165, 1.54) is 12.1 Å². The van der Waals surface area contributed by atoms with Crippen molar-refractivity contribution in [2.75, 3.05) is 0 Å². The van der Waals surface area contributed by atoms with Crippen molar-refractivity contribution >= 4 is 17.8 Å². The van der Waals surface area contributed by atoms with Crippen molar-refractivity contribution in [3.05, 3.63) is 125 Å². The SMILES string of the molecule is CC(C)(C)c1cc(C(c2ccc(F)cc2)P(=O)(c2ccccc2)c2ccccc2)cc(C(C)(C)C)c1O. The first-order chi connectivity index (χ1) is 17.3. The monoisotopic (exact) mass is 514 g/mol. The molecular formula is C33H36FO2P. The summed E-state index contributed by atoms with van der Waals surface area (Å²) in [4.78, 5) is 0. The molecule has 0 aromatic heterocycles. The van der Waals surface area contributed by atoms with E-state index in [4.69, 9.17) is 0 Å². The van der Waals surface area contributed by atoms with E-state index < -0.39 is 12.8 Å². The quantitative estimate of drug-likeness (QED) is 0.272. The Morgan fingerprint density at radius 1 is 0.649 bits per heavy atom. The predicted molar refractivity (Wildman–Crippen MR) is 154 cm³/mol. The number of hydrogen-bond acceptors (Lipinski definition) is 2. The van der Waals surface area contributed by atoms with Crippen LogP contribution in [-0.4, -0.2) is 5.11 Å². The fourth-order valence-electron chi connectivity index (χ4n) is 4.96. The molecule has 4 heteroatoms. The number of phenols is 1. The summed E-state index contributed by atoms with van der Waals surface area (Å²) >= 11 is 0. The van der Waals surface area contributed by atoms with Gasteiger partial charge in [-0.05, 0) is 45.2 Å². The molecule has 1 atom stereocenters. The molecule has 4 rings (SSSR count). The van der Waals surface area contributed by atoms with Crippen LogP contribution < -0.4 is 10.6 Å². The minimum atomic E-state index is -3.36. The molecule has 0 heterocycles. The van der Waals surface area contributed by atoms with Crippen LogP contribution in [0, 0.1) is 5.82 Å². The lowest BCUT2D eigenvalue weighted by molar-refractivity contribution is 0.422. The summed E-state index contributed by atoms with van der Waals surface area (Å²) in [6.45, 7) is 12.4. The first kappa shape index (κ1) is 26.9. The van der Waals surface area contributed by atoms with Gasteiger partial charge in [0.2, 0.25) is 0 Å². The Bertz CT molecular complexity index is 1340. The Balaban J connectivity index is 2.15. The summed E-state index contributed by atoms with van der Waals surface area (Å²) in [5.74, 6) is -0.0657. The third kappa shape index (κ3) is 5.29. The molecule has 0 amide bonds. The maximum atomic E-state index is 15.7. The van der Waals surface area contributed by atoms with E-state index in [1.807, 2.05) is 72.8 Å². The smallest absolute Gasteiger partial charge is 0.154 e. The Morgan fingerprint density at radius 2 is 1.05 bits per heavy atom. The fraction of sp³-hybridized carbons (Fsp3) is 0.273. The molecule has 0 aliphatic rings. The summed E-state index contributed by atoms with van der Waals surface area (Å²) in [5, 5.41) is 12.9. The van der Waals surface area contributed by atoms with Gasteiger partial charge in [0.25, 0.3) is 0 Å². The lowest BCUT2D eigenvalue weighted by Crippen LogP contribution is -2.24. The van der Waals surface area contributed by atoms with Gasteiger partial charge in [0.05, 0.1) is 5.66 Å². The van der Waals surface area contributed by atoms with Crippen LogP contribution in [0.2, 0.25) is 0 Å². The van der Waals surface area contributed by atoms with E-state index in [0.29, 0.717) is 0 Å². The van der Waals surface area contributed by atoms with Gasteiger partial charge in [0.15, 0.2) is 7.14 Å². The first-order valence-electron chi connectivity index (χ1n) is 12.7. The molecule has 0 fully saturated rings. The number of hydrogen-bond donors (Lipinski definition) is 1. The Labute approximate surface area is 220 Å². The molecule has 2 nitrogen and oxygen atoms in total. The maximum Gasteiger partial charge on any atom is 0.154 e. The topological polar surface area (TPSA) is 37.3 Å². The van der Waals surface area contributed by atoms with Gasteiger partial charge in [0.1, 0.15) is 11.6 Å². The van der Waals surface area contributed by atoms with Crippen LogP contribution in [0.15, 0.2) is 97.1 Å². The van der Waals surface area contributed by atoms with Gasteiger partial charge in [-0.2, -0.15) is 0 Å². The molecule has 1 unspecified atom stereocenters. The zero-order valence-corrected chi connectivity index (χ0v) is 23.4. The Kier molecular flexibility index (Phi) is 7.23. The highest BCUT2D eigenvalue weighted by molar-refractivity contribution is 7.79. The van der Waals surface area contributed by atoms with Gasteiger partial charge in [-0.3, -0.25) is 0 Å². The van der Waals surface area contributed by atoms with Crippen LogP contribution in [0.5, 0.6) is 5.75 Å². The zero-order valence-electron chi connectivity index (χ0n) is 22.5. The standard InChI is InChI=1S/C33H36FO2P/c1-32(2,3)28-21-24(22-29(30(28)35)33(4,5)6)31(23-17-19-25(34)20-18-23)37(36,26-13-9-7-10-14-26)27-15-11-8-12-16-27/h7-22,31,35H,1-6H3. The molecular weight excluding hydrogens is 478 g/mol. The second-order valence-electron chi connectivity index (χ2n) is 11.7. The van der Waals surface area contributed by atoms with Gasteiger partial charge in [-0.15, -0.1) is 0 Å². The zero-order chi connectivity index (χ0) is 27.0. The second-order valence-corrected chi connectivity index (χ2v) is 14.6. The van der Waals surface area contributed by atoms with Gasteiger partial charge < -0.3 is 9.67 Å². The van der Waals surface area contributed by atoms with Crippen LogP contribution >= 0.6 is 7.14 Å². The van der Waals surface area contributed by atoms with Crippen LogP contribution in [-0.2, 0) is 15.4 Å². The van der Waals surface area contributed by atoms with Crippen molar-refractivity contribution in [1.82, 2.24) is 0 Å². The average molecular weight is 515 g/mol. The molecule has 0 aliphatic carbocycles. The van der Waals surface area contributed by atoms with E-state index in [9.17, 15) is 9.50 Å². The number of aromatic hydroxyl groups is 1. The number of halogens is 1. The van der Waals surface area contributed by atoms with Crippen molar-refractivity contribution in [3.63, 3.8) is 0 Å². The summed E-state index contributed by atoms with van der Waals surface area (Å²) in [6, 6.07) is 29.5. The molecule has 192 valence electrons. The molecule has 0 saturated heterocycles. The fourth-order valence-corrected chi connectivity index (χ4v) is 8.25. The van der Waals surface area contributed by atoms with Crippen LogP contribution in [0.1, 0.15) is 69.5 Å². The largest absolute Gasteiger partial charge is 0.507 e. The summed E-state index contributed by atoms with van der Waals surface area (Å²) in [5.41, 5.74) is 1.93. The van der Waals surface area contributed by atoms with Crippen molar-refractivity contribution in [1.29, 1.82) is 0 Å². The predicted octanol–water partition coefficient (Wildman–Crippen LogP) is 8.23. The lowest BCUT2D eigenvalue weighted by Gasteiger charge is -2.33. The molecule has 4 aromatic carbocycles. The highest BCUT2D eigenvalue weighted by Crippen LogP contribution is 2.61. The van der Waals surface area contributed by atoms with Gasteiger partial charge in [-0.25, -0.2) is 4.39 Å². The number of rotatable bonds is 5. The van der Waals surface area contributed by atoms with Crippen molar-refractivity contribution in [2.24, 2.45) is 0 Å². The van der Waals surface area contributed by atoms with Crippen LogP contribution in [0.4, 0.5) is 4.39 Å². The maximum absolute atomic E-state index is 15.7. The first-order valence-corrected chi connectivity index (χ1v) is 14.5. The molecule has 1 N–H and O–H groups in total. The van der Waals surface area contributed by atoms with E-state index in [-0.39, 0.29) is 22.4 Å². The average Bonchev–Trinajstić information content (AvgIpc) is 2.85. The summed E-state index contributed by atoms with van der Waals surface area (Å²) < 4.78 is 29.7. The van der Waals surface area contributed by atoms with Crippen LogP contribution in [0.25, 0.3) is 0 Å². The molecule has 0 saturated carbocycles. The summed E-state index contributed by atoms with van der Waals surface area (Å²) in [6.07, 6.45) is 0. The van der Waals surface area contributed by atoms with Gasteiger partial charge in [0, 0.05) is 10.6 Å². The molecule has 4 aromatic rings. The minimum Gasteiger partial charge on any atom is -0.507 e. The number of phenolic OH excluding ortho intramolecular Hbond substituents is 1. The molecule has 0 aliphatic heterocycles. The van der Waals surface area contributed by atoms with E-state index >= 15 is 4.57 Å². The molecule has 0 radical (unpaired) electrons. The van der Waals surface area contributed by atoms with Gasteiger partial charge >= 0.3 is 0 Å². The van der Waals surface area contributed by atoms with Crippen molar-refractivity contribution < 1.29 is 14.1 Å². The van der Waals surface area contributed by atoms with E-state index in [1.54, 1.807) is 12.1 Å². The number of benzene rings is 4. The molecule has 0 bridgehead atoms. The van der Waals surface area contributed by atoms with Crippen molar-refractivity contribution in [2.45, 2.75) is 58.0 Å². The summed E-state index contributed by atoms with van der Waals surface area (Å²) in [7, 11) is -3.36. The van der Waals surface area contributed by atoms with Gasteiger partial charge in [-0.1, -0.05) is 126 Å². The molecule has 37 heavy (non-hydrogen) atoms. The Morgan fingerprint density at radius 3 is 1.43 bits per heavy atom. The minimum absolute atomic E-state index is 0.274. The van der Waals surface area contributed by atoms with E-state index in [0.717, 1.165) is 32.9 Å². The third-order valence-corrected chi connectivity index (χ3v) is 10.3. The van der Waals surface area contributed by atoms with E-state index in [2.05, 4.69) is 41.5 Å². The highest BCUT2D eigenvalue weighted by atomic mass is 31.2. The Hall–Kier alpha value is -3.16.